The molecule has 116 valence electrons. The van der Waals surface area contributed by atoms with Gasteiger partial charge in [0.15, 0.2) is 0 Å². The van der Waals surface area contributed by atoms with Gasteiger partial charge in [0, 0.05) is 19.1 Å². The largest absolute Gasteiger partial charge is 0.480 e. The lowest BCUT2D eigenvalue weighted by Crippen LogP contribution is -2.59. The summed E-state index contributed by atoms with van der Waals surface area (Å²) < 4.78 is 0. The molecule has 4 nitrogen and oxygen atoms in total. The van der Waals surface area contributed by atoms with Crippen molar-refractivity contribution in [3.63, 3.8) is 0 Å². The van der Waals surface area contributed by atoms with E-state index >= 15 is 0 Å². The number of likely N-dealkylation sites (N-methyl/N-ethyl adjacent to an activating group) is 1. The minimum absolute atomic E-state index is 0.434. The van der Waals surface area contributed by atoms with Crippen LogP contribution in [-0.4, -0.2) is 47.2 Å². The van der Waals surface area contributed by atoms with Crippen LogP contribution in [0.3, 0.4) is 0 Å². The fourth-order valence-electron chi connectivity index (χ4n) is 4.34. The van der Waals surface area contributed by atoms with Crippen molar-refractivity contribution in [3.05, 3.63) is 0 Å². The average molecular weight is 282 g/mol. The third-order valence-corrected chi connectivity index (χ3v) is 5.06. The van der Waals surface area contributed by atoms with Gasteiger partial charge < -0.3 is 10.4 Å². The topological polar surface area (TPSA) is 52.6 Å². The smallest absolute Gasteiger partial charge is 0.323 e. The van der Waals surface area contributed by atoms with Crippen LogP contribution in [0.2, 0.25) is 0 Å². The molecule has 0 aromatic heterocycles. The summed E-state index contributed by atoms with van der Waals surface area (Å²) in [6, 6.07) is 0.434. The highest BCUT2D eigenvalue weighted by atomic mass is 16.4. The van der Waals surface area contributed by atoms with E-state index in [0.717, 1.165) is 57.2 Å². The minimum Gasteiger partial charge on any atom is -0.480 e. The van der Waals surface area contributed by atoms with Crippen molar-refractivity contribution < 1.29 is 9.90 Å². The quantitative estimate of drug-likeness (QED) is 0.831. The molecule has 0 amide bonds. The van der Waals surface area contributed by atoms with Crippen LogP contribution in [-0.2, 0) is 4.79 Å². The van der Waals surface area contributed by atoms with Gasteiger partial charge in [-0.1, -0.05) is 20.8 Å². The summed E-state index contributed by atoms with van der Waals surface area (Å²) in [6.07, 6.45) is 5.00. The van der Waals surface area contributed by atoms with Crippen LogP contribution in [0.5, 0.6) is 0 Å². The van der Waals surface area contributed by atoms with Crippen LogP contribution < -0.4 is 5.32 Å². The second kappa shape index (κ2) is 6.44. The molecule has 2 fully saturated rings. The summed E-state index contributed by atoms with van der Waals surface area (Å²) in [5, 5.41) is 12.9. The molecule has 0 radical (unpaired) electrons. The predicted octanol–water partition coefficient (Wildman–Crippen LogP) is 2.34. The zero-order chi connectivity index (χ0) is 14.8. The van der Waals surface area contributed by atoms with Gasteiger partial charge in [0.2, 0.25) is 0 Å². The molecule has 0 spiro atoms. The molecule has 4 heteroatoms. The molecule has 1 saturated carbocycles. The maximum absolute atomic E-state index is 11.7. The second-order valence-electron chi connectivity index (χ2n) is 7.07. The Bertz CT molecular complexity index is 333. The summed E-state index contributed by atoms with van der Waals surface area (Å²) in [5.41, 5.74) is -0.693. The minimum atomic E-state index is -0.693. The van der Waals surface area contributed by atoms with Crippen molar-refractivity contribution in [3.8, 4) is 0 Å². The van der Waals surface area contributed by atoms with E-state index in [1.807, 2.05) is 6.92 Å². The standard InChI is InChI=1S/C16H30N2O2/c1-4-17-16(15(19)20)7-5-6-14(9-16)18-10-12(2)8-13(3)11-18/h12-14,17H,4-11H2,1-3H3,(H,19,20). The lowest BCUT2D eigenvalue weighted by molar-refractivity contribution is -0.147. The number of nitrogens with zero attached hydrogens (tertiary/aromatic N) is 1. The van der Waals surface area contributed by atoms with E-state index in [1.165, 1.54) is 6.42 Å². The predicted molar refractivity (Wildman–Crippen MR) is 80.8 cm³/mol. The first-order chi connectivity index (χ1) is 9.47. The van der Waals surface area contributed by atoms with Gasteiger partial charge in [0.05, 0.1) is 0 Å². The van der Waals surface area contributed by atoms with E-state index < -0.39 is 11.5 Å². The third kappa shape index (κ3) is 3.34. The molecule has 1 saturated heterocycles. The number of aliphatic carboxylic acids is 1. The van der Waals surface area contributed by atoms with Crippen LogP contribution in [0.1, 0.15) is 52.9 Å². The zero-order valence-corrected chi connectivity index (χ0v) is 13.2. The summed E-state index contributed by atoms with van der Waals surface area (Å²) in [5.74, 6) is 0.806. The van der Waals surface area contributed by atoms with E-state index in [2.05, 4.69) is 24.1 Å². The van der Waals surface area contributed by atoms with Gasteiger partial charge in [0.25, 0.3) is 0 Å². The van der Waals surface area contributed by atoms with E-state index in [4.69, 9.17) is 0 Å². The molecule has 1 aliphatic carbocycles. The van der Waals surface area contributed by atoms with Gasteiger partial charge in [-0.2, -0.15) is 0 Å². The van der Waals surface area contributed by atoms with Crippen molar-refractivity contribution in [1.82, 2.24) is 10.2 Å². The van der Waals surface area contributed by atoms with E-state index in [1.54, 1.807) is 0 Å². The molecule has 4 unspecified atom stereocenters. The van der Waals surface area contributed by atoms with Gasteiger partial charge in [-0.15, -0.1) is 0 Å². The van der Waals surface area contributed by atoms with Crippen LogP contribution in [0, 0.1) is 11.8 Å². The number of hydrogen-bond donors (Lipinski definition) is 2. The SMILES string of the molecule is CCNC1(C(=O)O)CCCC(N2CC(C)CC(C)C2)C1. The maximum Gasteiger partial charge on any atom is 0.323 e. The Morgan fingerprint density at radius 3 is 2.55 bits per heavy atom. The number of carboxylic acid groups (broad SMARTS) is 1. The number of carboxylic acids is 1. The van der Waals surface area contributed by atoms with E-state index in [-0.39, 0.29) is 0 Å². The summed E-state index contributed by atoms with van der Waals surface area (Å²) in [7, 11) is 0. The first-order valence-electron chi connectivity index (χ1n) is 8.19. The Morgan fingerprint density at radius 1 is 1.35 bits per heavy atom. The summed E-state index contributed by atoms with van der Waals surface area (Å²) in [4.78, 5) is 14.3. The van der Waals surface area contributed by atoms with Crippen molar-refractivity contribution >= 4 is 5.97 Å². The number of hydrogen-bond acceptors (Lipinski definition) is 3. The molecule has 4 atom stereocenters. The van der Waals surface area contributed by atoms with E-state index in [9.17, 15) is 9.90 Å². The second-order valence-corrected chi connectivity index (χ2v) is 7.07. The molecule has 2 N–H and O–H groups in total. The lowest BCUT2D eigenvalue weighted by atomic mass is 9.77. The number of rotatable bonds is 4. The van der Waals surface area contributed by atoms with E-state index in [0.29, 0.717) is 6.04 Å². The summed E-state index contributed by atoms with van der Waals surface area (Å²) in [6.45, 7) is 9.64. The number of likely N-dealkylation sites (tertiary alicyclic amines) is 1. The molecule has 0 aromatic rings. The Hall–Kier alpha value is -0.610. The number of piperidine rings is 1. The highest BCUT2D eigenvalue weighted by Crippen LogP contribution is 2.34. The number of nitrogens with one attached hydrogen (secondary N) is 1. The van der Waals surface area contributed by atoms with Crippen molar-refractivity contribution in [1.29, 1.82) is 0 Å². The highest BCUT2D eigenvalue weighted by molar-refractivity contribution is 5.79. The van der Waals surface area contributed by atoms with Gasteiger partial charge in [-0.25, -0.2) is 0 Å². The molecule has 2 aliphatic rings. The highest BCUT2D eigenvalue weighted by Gasteiger charge is 2.44. The Kier molecular flexibility index (Phi) is 5.08. The first-order valence-corrected chi connectivity index (χ1v) is 8.19. The Morgan fingerprint density at radius 2 is 2.00 bits per heavy atom. The fraction of sp³-hybridized carbons (Fsp3) is 0.938. The average Bonchev–Trinajstić information content (AvgIpc) is 2.38. The van der Waals surface area contributed by atoms with Gasteiger partial charge in [-0.3, -0.25) is 9.69 Å². The van der Waals surface area contributed by atoms with Crippen LogP contribution in [0.25, 0.3) is 0 Å². The molecule has 0 bridgehead atoms. The fourth-order valence-corrected chi connectivity index (χ4v) is 4.34. The molecule has 1 aliphatic heterocycles. The number of carbonyl (C=O) groups is 1. The van der Waals surface area contributed by atoms with Crippen LogP contribution in [0.15, 0.2) is 0 Å². The van der Waals surface area contributed by atoms with Gasteiger partial charge >= 0.3 is 5.97 Å². The van der Waals surface area contributed by atoms with Crippen molar-refractivity contribution in [2.45, 2.75) is 64.5 Å². The normalized spacial score (nSPS) is 39.6. The molecular weight excluding hydrogens is 252 g/mol. The molecule has 2 rings (SSSR count). The van der Waals surface area contributed by atoms with Gasteiger partial charge in [0.1, 0.15) is 5.54 Å². The van der Waals surface area contributed by atoms with Crippen molar-refractivity contribution in [2.75, 3.05) is 19.6 Å². The molecular formula is C16H30N2O2. The van der Waals surface area contributed by atoms with Gasteiger partial charge in [-0.05, 0) is 50.5 Å². The zero-order valence-electron chi connectivity index (χ0n) is 13.2. The van der Waals surface area contributed by atoms with Crippen LogP contribution >= 0.6 is 0 Å². The van der Waals surface area contributed by atoms with Crippen molar-refractivity contribution in [2.24, 2.45) is 11.8 Å². The van der Waals surface area contributed by atoms with Crippen LogP contribution in [0.4, 0.5) is 0 Å². The monoisotopic (exact) mass is 282 g/mol. The molecule has 0 aromatic carbocycles. The maximum atomic E-state index is 11.7. The first kappa shape index (κ1) is 15.8. The lowest BCUT2D eigenvalue weighted by Gasteiger charge is -2.46. The Balaban J connectivity index is 2.07. The summed E-state index contributed by atoms with van der Waals surface area (Å²) >= 11 is 0. The third-order valence-electron chi connectivity index (χ3n) is 5.06. The molecule has 1 heterocycles. The Labute approximate surface area is 122 Å². The molecule has 20 heavy (non-hydrogen) atoms.